The topological polar surface area (TPSA) is 46.9 Å². The highest BCUT2D eigenvalue weighted by atomic mass is 16.1. The van der Waals surface area contributed by atoms with Gasteiger partial charge >= 0.3 is 0 Å². The third-order valence-electron chi connectivity index (χ3n) is 2.41. The van der Waals surface area contributed by atoms with Crippen LogP contribution in [0.3, 0.4) is 0 Å². The number of piperidine rings is 1. The predicted molar refractivity (Wildman–Crippen MR) is 48.2 cm³/mol. The number of carbonyl (C=O) groups excluding carboxylic acids is 1. The molecule has 0 aliphatic carbocycles. The van der Waals surface area contributed by atoms with Crippen LogP contribution in [-0.2, 0) is 11.8 Å². The third-order valence-corrected chi connectivity index (χ3v) is 2.41. The molecule has 1 atom stereocenters. The van der Waals surface area contributed by atoms with Crippen molar-refractivity contribution in [1.82, 2.24) is 15.1 Å². The van der Waals surface area contributed by atoms with Crippen LogP contribution in [0.2, 0.25) is 0 Å². The Hall–Kier alpha value is -1.32. The Kier molecular flexibility index (Phi) is 2.04. The fraction of sp³-hybridized carbons (Fsp3) is 0.556. The van der Waals surface area contributed by atoms with Crippen molar-refractivity contribution >= 4 is 5.91 Å². The van der Waals surface area contributed by atoms with Gasteiger partial charge < -0.3 is 5.32 Å². The molecule has 1 aromatic heterocycles. The van der Waals surface area contributed by atoms with Gasteiger partial charge in [0.25, 0.3) is 0 Å². The molecule has 0 bridgehead atoms. The number of aryl methyl sites for hydroxylation is 1. The van der Waals surface area contributed by atoms with E-state index in [9.17, 15) is 4.79 Å². The van der Waals surface area contributed by atoms with Crippen LogP contribution in [0.15, 0.2) is 12.4 Å². The van der Waals surface area contributed by atoms with Crippen molar-refractivity contribution in [2.75, 3.05) is 6.54 Å². The molecular weight excluding hydrogens is 166 g/mol. The molecule has 0 radical (unpaired) electrons. The van der Waals surface area contributed by atoms with E-state index in [2.05, 4.69) is 10.4 Å². The van der Waals surface area contributed by atoms with E-state index in [4.69, 9.17) is 0 Å². The van der Waals surface area contributed by atoms with Crippen LogP contribution in [0.4, 0.5) is 0 Å². The van der Waals surface area contributed by atoms with E-state index in [-0.39, 0.29) is 11.8 Å². The highest BCUT2D eigenvalue weighted by Gasteiger charge is 2.24. The fourth-order valence-electron chi connectivity index (χ4n) is 1.71. The van der Waals surface area contributed by atoms with Gasteiger partial charge in [0.05, 0.1) is 12.1 Å². The van der Waals surface area contributed by atoms with E-state index in [0.717, 1.165) is 24.9 Å². The van der Waals surface area contributed by atoms with Crippen LogP contribution in [-0.4, -0.2) is 22.2 Å². The van der Waals surface area contributed by atoms with Gasteiger partial charge in [0, 0.05) is 25.4 Å². The van der Waals surface area contributed by atoms with E-state index in [1.807, 2.05) is 13.2 Å². The maximum absolute atomic E-state index is 11.5. The molecule has 0 aromatic carbocycles. The average Bonchev–Trinajstić information content (AvgIpc) is 2.53. The Balaban J connectivity index is 2.19. The highest BCUT2D eigenvalue weighted by Crippen LogP contribution is 2.23. The minimum Gasteiger partial charge on any atom is -0.356 e. The normalized spacial score (nSPS) is 22.8. The van der Waals surface area contributed by atoms with Gasteiger partial charge in [-0.25, -0.2) is 0 Å². The number of rotatable bonds is 1. The molecule has 0 spiro atoms. The van der Waals surface area contributed by atoms with Crippen LogP contribution in [0.5, 0.6) is 0 Å². The largest absolute Gasteiger partial charge is 0.356 e. The van der Waals surface area contributed by atoms with Gasteiger partial charge in [0.2, 0.25) is 5.91 Å². The standard InChI is InChI=1S/C9H13N3O/c1-12-6-7(5-11-12)8-3-2-4-10-9(8)13/h5-6,8H,2-4H2,1H3,(H,10,13). The van der Waals surface area contributed by atoms with Gasteiger partial charge in [-0.3, -0.25) is 9.48 Å². The number of hydrogen-bond acceptors (Lipinski definition) is 2. The summed E-state index contributed by atoms with van der Waals surface area (Å²) in [6, 6.07) is 0. The SMILES string of the molecule is Cn1cc(C2CCCNC2=O)cn1. The summed E-state index contributed by atoms with van der Waals surface area (Å²) < 4.78 is 1.73. The summed E-state index contributed by atoms with van der Waals surface area (Å²) in [4.78, 5) is 11.5. The number of amides is 1. The summed E-state index contributed by atoms with van der Waals surface area (Å²) in [5, 5.41) is 6.93. The monoisotopic (exact) mass is 179 g/mol. The number of nitrogens with one attached hydrogen (secondary N) is 1. The lowest BCUT2D eigenvalue weighted by molar-refractivity contribution is -0.123. The zero-order chi connectivity index (χ0) is 9.26. The number of aromatic nitrogens is 2. The first kappa shape index (κ1) is 8.29. The van der Waals surface area contributed by atoms with Crippen LogP contribution in [0.25, 0.3) is 0 Å². The fourth-order valence-corrected chi connectivity index (χ4v) is 1.71. The molecule has 1 aliphatic rings. The Bertz CT molecular complexity index is 318. The lowest BCUT2D eigenvalue weighted by Crippen LogP contribution is -2.34. The Morgan fingerprint density at radius 2 is 2.54 bits per heavy atom. The van der Waals surface area contributed by atoms with Crippen molar-refractivity contribution in [3.05, 3.63) is 18.0 Å². The molecule has 1 fully saturated rings. The molecule has 1 aliphatic heterocycles. The number of hydrogen-bond donors (Lipinski definition) is 1. The minimum absolute atomic E-state index is 0.0162. The summed E-state index contributed by atoms with van der Waals surface area (Å²) in [5.41, 5.74) is 1.03. The lowest BCUT2D eigenvalue weighted by atomic mass is 9.93. The number of nitrogens with zero attached hydrogens (tertiary/aromatic N) is 2. The van der Waals surface area contributed by atoms with Gasteiger partial charge in [-0.2, -0.15) is 5.10 Å². The highest BCUT2D eigenvalue weighted by molar-refractivity contribution is 5.84. The van der Waals surface area contributed by atoms with E-state index < -0.39 is 0 Å². The smallest absolute Gasteiger partial charge is 0.227 e. The summed E-state index contributed by atoms with van der Waals surface area (Å²) in [7, 11) is 1.87. The van der Waals surface area contributed by atoms with Gasteiger partial charge in [-0.15, -0.1) is 0 Å². The summed E-state index contributed by atoms with van der Waals surface area (Å²) in [6.07, 6.45) is 5.69. The molecule has 2 rings (SSSR count). The van der Waals surface area contributed by atoms with Gasteiger partial charge in [-0.1, -0.05) is 0 Å². The molecule has 1 N–H and O–H groups in total. The quantitative estimate of drug-likeness (QED) is 0.679. The molecule has 1 saturated heterocycles. The van der Waals surface area contributed by atoms with Crippen LogP contribution in [0, 0.1) is 0 Å². The number of carbonyl (C=O) groups is 1. The van der Waals surface area contributed by atoms with E-state index in [0.29, 0.717) is 0 Å². The molecule has 1 aromatic rings. The van der Waals surface area contributed by atoms with Gasteiger partial charge in [0.1, 0.15) is 0 Å². The van der Waals surface area contributed by atoms with Crippen molar-refractivity contribution in [2.24, 2.45) is 7.05 Å². The van der Waals surface area contributed by atoms with Crippen molar-refractivity contribution in [1.29, 1.82) is 0 Å². The summed E-state index contributed by atoms with van der Waals surface area (Å²) in [6.45, 7) is 0.815. The second kappa shape index (κ2) is 3.20. The van der Waals surface area contributed by atoms with Crippen molar-refractivity contribution in [3.63, 3.8) is 0 Å². The molecule has 13 heavy (non-hydrogen) atoms. The first-order valence-electron chi connectivity index (χ1n) is 4.53. The first-order chi connectivity index (χ1) is 6.27. The molecule has 1 unspecified atom stereocenters. The van der Waals surface area contributed by atoms with Crippen LogP contribution in [0.1, 0.15) is 24.3 Å². The van der Waals surface area contributed by atoms with Crippen LogP contribution >= 0.6 is 0 Å². The van der Waals surface area contributed by atoms with Crippen molar-refractivity contribution in [2.45, 2.75) is 18.8 Å². The van der Waals surface area contributed by atoms with Crippen molar-refractivity contribution < 1.29 is 4.79 Å². The van der Waals surface area contributed by atoms with Gasteiger partial charge in [0.15, 0.2) is 0 Å². The molecule has 4 nitrogen and oxygen atoms in total. The van der Waals surface area contributed by atoms with E-state index >= 15 is 0 Å². The second-order valence-corrected chi connectivity index (χ2v) is 3.43. The Morgan fingerprint density at radius 3 is 3.15 bits per heavy atom. The molecule has 2 heterocycles. The van der Waals surface area contributed by atoms with E-state index in [1.165, 1.54) is 0 Å². The molecule has 4 heteroatoms. The molecule has 1 amide bonds. The molecular formula is C9H13N3O. The lowest BCUT2D eigenvalue weighted by Gasteiger charge is -2.20. The van der Waals surface area contributed by atoms with Crippen LogP contribution < -0.4 is 5.32 Å². The zero-order valence-electron chi connectivity index (χ0n) is 7.66. The average molecular weight is 179 g/mol. The van der Waals surface area contributed by atoms with Crippen molar-refractivity contribution in [3.8, 4) is 0 Å². The first-order valence-corrected chi connectivity index (χ1v) is 4.53. The Labute approximate surface area is 76.9 Å². The maximum Gasteiger partial charge on any atom is 0.227 e. The summed E-state index contributed by atoms with van der Waals surface area (Å²) >= 11 is 0. The van der Waals surface area contributed by atoms with Gasteiger partial charge in [-0.05, 0) is 12.8 Å². The third kappa shape index (κ3) is 1.56. The predicted octanol–water partition coefficient (Wildman–Crippen LogP) is 0.414. The summed E-state index contributed by atoms with van der Waals surface area (Å²) in [5.74, 6) is 0.154. The minimum atomic E-state index is 0.0162. The van der Waals surface area contributed by atoms with E-state index in [1.54, 1.807) is 10.9 Å². The second-order valence-electron chi connectivity index (χ2n) is 3.43. The molecule has 0 saturated carbocycles. The molecule has 70 valence electrons. The maximum atomic E-state index is 11.5. The zero-order valence-corrected chi connectivity index (χ0v) is 7.66. The Morgan fingerprint density at radius 1 is 1.69 bits per heavy atom.